The van der Waals surface area contributed by atoms with Crippen LogP contribution in [0.4, 0.5) is 0 Å². The second-order valence-electron chi connectivity index (χ2n) is 4.62. The SMILES string of the molecule is CCCC(C)NC(=O)CNC1CC=CCC1. The van der Waals surface area contributed by atoms with E-state index in [0.29, 0.717) is 18.6 Å². The molecule has 1 aliphatic rings. The Morgan fingerprint density at radius 1 is 1.50 bits per heavy atom. The molecule has 1 rings (SSSR count). The van der Waals surface area contributed by atoms with E-state index in [-0.39, 0.29) is 5.91 Å². The van der Waals surface area contributed by atoms with Gasteiger partial charge in [0.05, 0.1) is 6.54 Å². The summed E-state index contributed by atoms with van der Waals surface area (Å²) in [5.74, 6) is 0.121. The quantitative estimate of drug-likeness (QED) is 0.677. The van der Waals surface area contributed by atoms with Gasteiger partial charge in [-0.25, -0.2) is 0 Å². The fourth-order valence-electron chi connectivity index (χ4n) is 2.05. The molecule has 1 amide bonds. The Bertz CT molecular complexity index is 238. The van der Waals surface area contributed by atoms with Crippen molar-refractivity contribution in [2.75, 3.05) is 6.54 Å². The normalized spacial score (nSPS) is 21.8. The van der Waals surface area contributed by atoms with Crippen LogP contribution in [0.15, 0.2) is 12.2 Å². The maximum absolute atomic E-state index is 11.6. The summed E-state index contributed by atoms with van der Waals surface area (Å²) in [6.07, 6.45) is 9.90. The summed E-state index contributed by atoms with van der Waals surface area (Å²) < 4.78 is 0. The summed E-state index contributed by atoms with van der Waals surface area (Å²) in [5, 5.41) is 6.31. The third-order valence-electron chi connectivity index (χ3n) is 2.95. The van der Waals surface area contributed by atoms with E-state index in [1.807, 2.05) is 0 Å². The Kier molecular flexibility index (Phi) is 6.16. The molecule has 2 N–H and O–H groups in total. The lowest BCUT2D eigenvalue weighted by molar-refractivity contribution is -0.121. The Hall–Kier alpha value is -0.830. The number of rotatable bonds is 6. The van der Waals surface area contributed by atoms with Gasteiger partial charge in [-0.1, -0.05) is 25.5 Å². The van der Waals surface area contributed by atoms with Gasteiger partial charge in [0.2, 0.25) is 5.91 Å². The molecule has 16 heavy (non-hydrogen) atoms. The predicted octanol–water partition coefficient (Wildman–Crippen LogP) is 1.99. The molecule has 1 aliphatic carbocycles. The van der Waals surface area contributed by atoms with Crippen LogP contribution < -0.4 is 10.6 Å². The third-order valence-corrected chi connectivity index (χ3v) is 2.95. The van der Waals surface area contributed by atoms with Crippen LogP contribution in [0, 0.1) is 0 Å². The molecule has 0 aromatic carbocycles. The minimum atomic E-state index is 0.121. The molecule has 2 unspecified atom stereocenters. The topological polar surface area (TPSA) is 41.1 Å². The Balaban J connectivity index is 2.12. The van der Waals surface area contributed by atoms with E-state index in [4.69, 9.17) is 0 Å². The first-order valence-electron chi connectivity index (χ1n) is 6.40. The van der Waals surface area contributed by atoms with Crippen molar-refractivity contribution in [3.63, 3.8) is 0 Å². The molecule has 3 heteroatoms. The number of amides is 1. The van der Waals surface area contributed by atoms with Crippen molar-refractivity contribution in [1.82, 2.24) is 10.6 Å². The van der Waals surface area contributed by atoms with E-state index in [0.717, 1.165) is 32.1 Å². The van der Waals surface area contributed by atoms with Gasteiger partial charge in [-0.2, -0.15) is 0 Å². The lowest BCUT2D eigenvalue weighted by Crippen LogP contribution is -2.42. The maximum Gasteiger partial charge on any atom is 0.234 e. The van der Waals surface area contributed by atoms with Crippen LogP contribution >= 0.6 is 0 Å². The van der Waals surface area contributed by atoms with Crippen LogP contribution in [0.25, 0.3) is 0 Å². The van der Waals surface area contributed by atoms with Gasteiger partial charge in [-0.3, -0.25) is 4.79 Å². The first kappa shape index (κ1) is 13.2. The molecule has 0 heterocycles. The minimum absolute atomic E-state index is 0.121. The van der Waals surface area contributed by atoms with E-state index in [1.54, 1.807) is 0 Å². The summed E-state index contributed by atoms with van der Waals surface area (Å²) in [6, 6.07) is 0.780. The standard InChI is InChI=1S/C13H24N2O/c1-3-7-11(2)15-13(16)10-14-12-8-5-4-6-9-12/h4-5,11-12,14H,3,6-10H2,1-2H3,(H,15,16). The lowest BCUT2D eigenvalue weighted by Gasteiger charge is -2.20. The summed E-state index contributed by atoms with van der Waals surface area (Å²) in [4.78, 5) is 11.6. The van der Waals surface area contributed by atoms with Gasteiger partial charge in [0, 0.05) is 12.1 Å². The second kappa shape index (κ2) is 7.44. The summed E-state index contributed by atoms with van der Waals surface area (Å²) in [5.41, 5.74) is 0. The molecule has 0 saturated heterocycles. The molecule has 0 aromatic heterocycles. The van der Waals surface area contributed by atoms with Crippen LogP contribution in [-0.4, -0.2) is 24.5 Å². The smallest absolute Gasteiger partial charge is 0.234 e. The van der Waals surface area contributed by atoms with Crippen LogP contribution in [0.3, 0.4) is 0 Å². The zero-order valence-electron chi connectivity index (χ0n) is 10.5. The number of hydrogen-bond acceptors (Lipinski definition) is 2. The Morgan fingerprint density at radius 2 is 2.31 bits per heavy atom. The van der Waals surface area contributed by atoms with Gasteiger partial charge in [-0.05, 0) is 32.6 Å². The van der Waals surface area contributed by atoms with Crippen molar-refractivity contribution >= 4 is 5.91 Å². The molecular formula is C13H24N2O. The minimum Gasteiger partial charge on any atom is -0.353 e. The van der Waals surface area contributed by atoms with Crippen LogP contribution in [0.1, 0.15) is 46.0 Å². The third kappa shape index (κ3) is 5.31. The summed E-state index contributed by atoms with van der Waals surface area (Å²) >= 11 is 0. The molecule has 92 valence electrons. The fraction of sp³-hybridized carbons (Fsp3) is 0.769. The highest BCUT2D eigenvalue weighted by Crippen LogP contribution is 2.09. The number of nitrogens with one attached hydrogen (secondary N) is 2. The number of allylic oxidation sites excluding steroid dienone is 1. The molecule has 2 atom stereocenters. The molecule has 3 nitrogen and oxygen atoms in total. The predicted molar refractivity (Wildman–Crippen MR) is 67.3 cm³/mol. The number of hydrogen-bond donors (Lipinski definition) is 2. The molecule has 0 spiro atoms. The van der Waals surface area contributed by atoms with Crippen LogP contribution in [-0.2, 0) is 4.79 Å². The van der Waals surface area contributed by atoms with Crippen LogP contribution in [0.5, 0.6) is 0 Å². The molecule has 0 bridgehead atoms. The van der Waals surface area contributed by atoms with Crippen LogP contribution in [0.2, 0.25) is 0 Å². The zero-order chi connectivity index (χ0) is 11.8. The molecule has 0 aliphatic heterocycles. The molecule has 0 aromatic rings. The van der Waals surface area contributed by atoms with E-state index >= 15 is 0 Å². The molecule has 0 radical (unpaired) electrons. The fourth-order valence-corrected chi connectivity index (χ4v) is 2.05. The van der Waals surface area contributed by atoms with Gasteiger partial charge in [0.25, 0.3) is 0 Å². The number of carbonyl (C=O) groups is 1. The van der Waals surface area contributed by atoms with Crippen molar-refractivity contribution in [3.05, 3.63) is 12.2 Å². The highest BCUT2D eigenvalue weighted by Gasteiger charge is 2.11. The first-order valence-corrected chi connectivity index (χ1v) is 6.40. The Morgan fingerprint density at radius 3 is 2.94 bits per heavy atom. The van der Waals surface area contributed by atoms with Gasteiger partial charge in [0.1, 0.15) is 0 Å². The van der Waals surface area contributed by atoms with E-state index in [1.165, 1.54) is 0 Å². The maximum atomic E-state index is 11.6. The van der Waals surface area contributed by atoms with Gasteiger partial charge < -0.3 is 10.6 Å². The highest BCUT2D eigenvalue weighted by atomic mass is 16.1. The zero-order valence-corrected chi connectivity index (χ0v) is 10.5. The first-order chi connectivity index (χ1) is 7.72. The summed E-state index contributed by atoms with van der Waals surface area (Å²) in [7, 11) is 0. The largest absolute Gasteiger partial charge is 0.353 e. The average Bonchev–Trinajstić information content (AvgIpc) is 2.28. The van der Waals surface area contributed by atoms with Gasteiger partial charge in [0.15, 0.2) is 0 Å². The van der Waals surface area contributed by atoms with E-state index < -0.39 is 0 Å². The van der Waals surface area contributed by atoms with Crippen molar-refractivity contribution in [1.29, 1.82) is 0 Å². The van der Waals surface area contributed by atoms with Gasteiger partial charge in [-0.15, -0.1) is 0 Å². The van der Waals surface area contributed by atoms with E-state index in [9.17, 15) is 4.79 Å². The number of carbonyl (C=O) groups excluding carboxylic acids is 1. The molecular weight excluding hydrogens is 200 g/mol. The van der Waals surface area contributed by atoms with Crippen molar-refractivity contribution in [3.8, 4) is 0 Å². The van der Waals surface area contributed by atoms with Crippen molar-refractivity contribution < 1.29 is 4.79 Å². The van der Waals surface area contributed by atoms with Crippen molar-refractivity contribution in [2.45, 2.75) is 58.0 Å². The van der Waals surface area contributed by atoms with Crippen molar-refractivity contribution in [2.24, 2.45) is 0 Å². The van der Waals surface area contributed by atoms with E-state index in [2.05, 4.69) is 36.6 Å². The Labute approximate surface area is 98.7 Å². The monoisotopic (exact) mass is 224 g/mol. The average molecular weight is 224 g/mol. The molecule has 0 saturated carbocycles. The lowest BCUT2D eigenvalue weighted by atomic mass is 10.0. The van der Waals surface area contributed by atoms with Gasteiger partial charge >= 0.3 is 0 Å². The molecule has 0 fully saturated rings. The summed E-state index contributed by atoms with van der Waals surface area (Å²) in [6.45, 7) is 4.65. The highest BCUT2D eigenvalue weighted by molar-refractivity contribution is 5.78. The second-order valence-corrected chi connectivity index (χ2v) is 4.62.